The number of hydrogen-bond acceptors (Lipinski definition) is 5. The highest BCUT2D eigenvalue weighted by Gasteiger charge is 2.19. The number of carbonyl (C=O) groups is 1. The third-order valence-electron chi connectivity index (χ3n) is 7.24. The van der Waals surface area contributed by atoms with Crippen LogP contribution in [0.1, 0.15) is 11.1 Å². The molecule has 0 radical (unpaired) electrons. The maximum atomic E-state index is 12.4. The maximum Gasteiger partial charge on any atom is 0.228 e. The van der Waals surface area contributed by atoms with Crippen molar-refractivity contribution in [3.63, 3.8) is 0 Å². The lowest BCUT2D eigenvalue weighted by molar-refractivity contribution is -0.115. The van der Waals surface area contributed by atoms with Crippen LogP contribution in [0, 0.1) is 6.92 Å². The molecule has 0 unspecified atom stereocenters. The molecule has 194 valence electrons. The summed E-state index contributed by atoms with van der Waals surface area (Å²) in [4.78, 5) is 26.8. The highest BCUT2D eigenvalue weighted by molar-refractivity contribution is 5.92. The summed E-state index contributed by atoms with van der Waals surface area (Å²) in [6, 6.07) is 32.6. The number of nitrogens with one attached hydrogen (secondary N) is 1. The molecule has 39 heavy (non-hydrogen) atoms. The minimum atomic E-state index is -0.0258. The van der Waals surface area contributed by atoms with E-state index in [9.17, 15) is 4.79 Å². The van der Waals surface area contributed by atoms with E-state index in [4.69, 9.17) is 9.97 Å². The van der Waals surface area contributed by atoms with Crippen LogP contribution in [-0.2, 0) is 11.2 Å². The van der Waals surface area contributed by atoms with Crippen molar-refractivity contribution < 1.29 is 4.79 Å². The minimum absolute atomic E-state index is 0.0258. The molecule has 0 saturated carbocycles. The van der Waals surface area contributed by atoms with Crippen LogP contribution >= 0.6 is 0 Å². The van der Waals surface area contributed by atoms with E-state index in [0.29, 0.717) is 6.42 Å². The number of fused-ring (bicyclic) bond motifs is 1. The summed E-state index contributed by atoms with van der Waals surface area (Å²) in [5, 5.41) is 2.99. The Balaban J connectivity index is 1.13. The SMILES string of the molecule is Cc1ccc(N2CCN(c3cnc4ccc(-c5ccc(NC(=O)Cc6ccccc6)cc5)cc4n3)CC2)cc1. The number of amides is 1. The molecule has 6 heteroatoms. The predicted octanol–water partition coefficient (Wildman–Crippen LogP) is 6.11. The number of anilines is 3. The van der Waals surface area contributed by atoms with E-state index in [1.165, 1.54) is 11.3 Å². The van der Waals surface area contributed by atoms with Crippen molar-refractivity contribution in [2.75, 3.05) is 41.3 Å². The summed E-state index contributed by atoms with van der Waals surface area (Å²) in [6.07, 6.45) is 2.24. The van der Waals surface area contributed by atoms with Crippen molar-refractivity contribution in [3.8, 4) is 11.1 Å². The van der Waals surface area contributed by atoms with Gasteiger partial charge in [0.1, 0.15) is 5.82 Å². The van der Waals surface area contributed by atoms with E-state index in [1.807, 2.05) is 66.9 Å². The summed E-state index contributed by atoms with van der Waals surface area (Å²) in [5.74, 6) is 0.891. The second kappa shape index (κ2) is 11.0. The lowest BCUT2D eigenvalue weighted by Crippen LogP contribution is -2.46. The largest absolute Gasteiger partial charge is 0.368 e. The van der Waals surface area contributed by atoms with Crippen LogP contribution in [0.25, 0.3) is 22.2 Å². The lowest BCUT2D eigenvalue weighted by atomic mass is 10.0. The van der Waals surface area contributed by atoms with Gasteiger partial charge in [-0.05, 0) is 60.0 Å². The van der Waals surface area contributed by atoms with E-state index in [-0.39, 0.29) is 5.91 Å². The van der Waals surface area contributed by atoms with Gasteiger partial charge in [0, 0.05) is 37.6 Å². The van der Waals surface area contributed by atoms with E-state index >= 15 is 0 Å². The fourth-order valence-corrected chi connectivity index (χ4v) is 5.02. The summed E-state index contributed by atoms with van der Waals surface area (Å²) < 4.78 is 0. The van der Waals surface area contributed by atoms with Crippen molar-refractivity contribution in [3.05, 3.63) is 114 Å². The molecule has 6 nitrogen and oxygen atoms in total. The Labute approximate surface area is 229 Å². The van der Waals surface area contributed by atoms with E-state index in [2.05, 4.69) is 58.4 Å². The molecular formula is C33H31N5O. The lowest BCUT2D eigenvalue weighted by Gasteiger charge is -2.36. The summed E-state index contributed by atoms with van der Waals surface area (Å²) in [6.45, 7) is 5.85. The zero-order valence-electron chi connectivity index (χ0n) is 22.0. The van der Waals surface area contributed by atoms with E-state index < -0.39 is 0 Å². The first kappa shape index (κ1) is 24.6. The van der Waals surface area contributed by atoms with Crippen molar-refractivity contribution in [2.45, 2.75) is 13.3 Å². The van der Waals surface area contributed by atoms with Crippen LogP contribution in [0.2, 0.25) is 0 Å². The van der Waals surface area contributed by atoms with Crippen molar-refractivity contribution in [1.29, 1.82) is 0 Å². The molecule has 5 aromatic rings. The topological polar surface area (TPSA) is 61.4 Å². The van der Waals surface area contributed by atoms with Gasteiger partial charge in [0.15, 0.2) is 0 Å². The minimum Gasteiger partial charge on any atom is -0.368 e. The molecular weight excluding hydrogens is 482 g/mol. The Hall–Kier alpha value is -4.71. The molecule has 0 aliphatic carbocycles. The molecule has 0 spiro atoms. The monoisotopic (exact) mass is 513 g/mol. The third kappa shape index (κ3) is 5.75. The second-order valence-electron chi connectivity index (χ2n) is 10.0. The van der Waals surface area contributed by atoms with Gasteiger partial charge >= 0.3 is 0 Å². The predicted molar refractivity (Wildman–Crippen MR) is 159 cm³/mol. The number of nitrogens with zero attached hydrogens (tertiary/aromatic N) is 4. The Morgan fingerprint density at radius 2 is 1.46 bits per heavy atom. The fourth-order valence-electron chi connectivity index (χ4n) is 5.02. The van der Waals surface area contributed by atoms with Gasteiger partial charge < -0.3 is 15.1 Å². The standard InChI is InChI=1S/C33H31N5O/c1-24-7-14-29(15-8-24)37-17-19-38(20-18-37)32-23-34-30-16-11-27(22-31(30)36-32)26-9-12-28(13-10-26)35-33(39)21-25-5-3-2-4-6-25/h2-16,22-23H,17-21H2,1H3,(H,35,39). The second-order valence-corrected chi connectivity index (χ2v) is 10.0. The molecule has 1 aromatic heterocycles. The summed E-state index contributed by atoms with van der Waals surface area (Å²) in [7, 11) is 0. The number of carbonyl (C=O) groups excluding carboxylic acids is 1. The smallest absolute Gasteiger partial charge is 0.228 e. The molecule has 4 aromatic carbocycles. The molecule has 1 N–H and O–H groups in total. The molecule has 1 fully saturated rings. The van der Waals surface area contributed by atoms with Gasteiger partial charge in [-0.1, -0.05) is 66.2 Å². The number of hydrogen-bond donors (Lipinski definition) is 1. The van der Waals surface area contributed by atoms with Gasteiger partial charge in [-0.2, -0.15) is 0 Å². The van der Waals surface area contributed by atoms with Crippen LogP contribution < -0.4 is 15.1 Å². The average Bonchev–Trinajstić information content (AvgIpc) is 2.98. The molecule has 6 rings (SSSR count). The summed E-state index contributed by atoms with van der Waals surface area (Å²) in [5.41, 5.74) is 8.23. The quantitative estimate of drug-likeness (QED) is 0.297. The first-order valence-corrected chi connectivity index (χ1v) is 13.4. The van der Waals surface area contributed by atoms with Crippen LogP contribution in [-0.4, -0.2) is 42.1 Å². The zero-order valence-corrected chi connectivity index (χ0v) is 22.0. The Morgan fingerprint density at radius 1 is 0.769 bits per heavy atom. The first-order valence-electron chi connectivity index (χ1n) is 13.4. The zero-order chi connectivity index (χ0) is 26.6. The first-order chi connectivity index (χ1) is 19.1. The molecule has 2 heterocycles. The van der Waals surface area contributed by atoms with Gasteiger partial charge in [0.2, 0.25) is 5.91 Å². The summed E-state index contributed by atoms with van der Waals surface area (Å²) >= 11 is 0. The van der Waals surface area contributed by atoms with E-state index in [1.54, 1.807) is 0 Å². The maximum absolute atomic E-state index is 12.4. The van der Waals surface area contributed by atoms with Gasteiger partial charge in [-0.25, -0.2) is 4.98 Å². The highest BCUT2D eigenvalue weighted by atomic mass is 16.1. The van der Waals surface area contributed by atoms with Crippen LogP contribution in [0.4, 0.5) is 17.2 Å². The fraction of sp³-hybridized carbons (Fsp3) is 0.182. The van der Waals surface area contributed by atoms with Crippen LogP contribution in [0.3, 0.4) is 0 Å². The highest BCUT2D eigenvalue weighted by Crippen LogP contribution is 2.26. The molecule has 1 aliphatic rings. The van der Waals surface area contributed by atoms with Gasteiger partial charge in [-0.15, -0.1) is 0 Å². The number of rotatable bonds is 6. The molecule has 1 aliphatic heterocycles. The molecule has 0 atom stereocenters. The average molecular weight is 514 g/mol. The van der Waals surface area contributed by atoms with Crippen molar-refractivity contribution in [2.24, 2.45) is 0 Å². The van der Waals surface area contributed by atoms with Gasteiger partial charge in [0.25, 0.3) is 0 Å². The molecule has 1 amide bonds. The van der Waals surface area contributed by atoms with Crippen molar-refractivity contribution >= 4 is 34.1 Å². The Morgan fingerprint density at radius 3 is 2.21 bits per heavy atom. The number of aryl methyl sites for hydroxylation is 1. The van der Waals surface area contributed by atoms with E-state index in [0.717, 1.165) is 65.4 Å². The molecule has 0 bridgehead atoms. The Kier molecular flexibility index (Phi) is 6.91. The number of benzene rings is 4. The van der Waals surface area contributed by atoms with Crippen LogP contribution in [0.15, 0.2) is 103 Å². The number of aromatic nitrogens is 2. The number of piperazine rings is 1. The third-order valence-corrected chi connectivity index (χ3v) is 7.24. The van der Waals surface area contributed by atoms with Crippen molar-refractivity contribution in [1.82, 2.24) is 9.97 Å². The van der Waals surface area contributed by atoms with Gasteiger partial charge in [-0.3, -0.25) is 9.78 Å². The normalized spacial score (nSPS) is 13.5. The van der Waals surface area contributed by atoms with Gasteiger partial charge in [0.05, 0.1) is 23.7 Å². The molecule has 1 saturated heterocycles. The van der Waals surface area contributed by atoms with Crippen LogP contribution in [0.5, 0.6) is 0 Å². The Bertz CT molecular complexity index is 1580.